The summed E-state index contributed by atoms with van der Waals surface area (Å²) >= 11 is 3.37. The molecule has 1 atom stereocenters. The molecule has 3 rings (SSSR count). The monoisotopic (exact) mass is 632 g/mol. The van der Waals surface area contributed by atoms with Gasteiger partial charge in [0, 0.05) is 29.7 Å². The number of amides is 2. The number of nitrogens with one attached hydrogen (secondary N) is 1. The Morgan fingerprint density at radius 3 is 2.25 bits per heavy atom. The molecule has 13 heteroatoms. The average molecular weight is 634 g/mol. The minimum Gasteiger partial charge on any atom is -0.497 e. The highest BCUT2D eigenvalue weighted by molar-refractivity contribution is 9.10. The van der Waals surface area contributed by atoms with Crippen LogP contribution in [0.15, 0.2) is 76.1 Å². The molecule has 0 fully saturated rings. The molecule has 3 aromatic rings. The fourth-order valence-electron chi connectivity index (χ4n) is 3.93. The van der Waals surface area contributed by atoms with Crippen LogP contribution in [0.5, 0.6) is 5.75 Å². The van der Waals surface area contributed by atoms with Gasteiger partial charge in [-0.2, -0.15) is 0 Å². The molecule has 2 amide bonds. The number of likely N-dealkylation sites (N-methyl/N-ethyl adjacent to an activating group) is 1. The van der Waals surface area contributed by atoms with E-state index in [-0.39, 0.29) is 28.4 Å². The van der Waals surface area contributed by atoms with Gasteiger partial charge in [0.15, 0.2) is 0 Å². The van der Waals surface area contributed by atoms with Crippen LogP contribution in [-0.4, -0.2) is 56.8 Å². The first kappa shape index (κ1) is 30.6. The third kappa shape index (κ3) is 6.96. The second-order valence-corrected chi connectivity index (χ2v) is 11.6. The smallest absolute Gasteiger partial charge is 0.273 e. The van der Waals surface area contributed by atoms with Gasteiger partial charge in [-0.15, -0.1) is 0 Å². The summed E-state index contributed by atoms with van der Waals surface area (Å²) in [6.45, 7) is 2.41. The zero-order valence-corrected chi connectivity index (χ0v) is 24.7. The predicted octanol–water partition coefficient (Wildman–Crippen LogP) is 4.03. The van der Waals surface area contributed by atoms with E-state index in [0.29, 0.717) is 5.75 Å². The van der Waals surface area contributed by atoms with Crippen LogP contribution in [0, 0.1) is 17.0 Å². The van der Waals surface area contributed by atoms with E-state index in [1.165, 1.54) is 62.4 Å². The molecule has 40 heavy (non-hydrogen) atoms. The largest absolute Gasteiger partial charge is 0.497 e. The van der Waals surface area contributed by atoms with Crippen LogP contribution in [0.3, 0.4) is 0 Å². The van der Waals surface area contributed by atoms with Crippen LogP contribution in [0.1, 0.15) is 18.1 Å². The zero-order chi connectivity index (χ0) is 29.6. The number of benzene rings is 3. The number of nitro benzene ring substituents is 1. The van der Waals surface area contributed by atoms with Crippen molar-refractivity contribution in [2.24, 2.45) is 0 Å². The van der Waals surface area contributed by atoms with Crippen molar-refractivity contribution in [3.63, 3.8) is 0 Å². The van der Waals surface area contributed by atoms with Gasteiger partial charge < -0.3 is 15.0 Å². The molecule has 1 N–H and O–H groups in total. The normalized spacial score (nSPS) is 11.8. The molecule has 0 radical (unpaired) electrons. The summed E-state index contributed by atoms with van der Waals surface area (Å²) in [5.41, 5.74) is 0.775. The molecule has 212 valence electrons. The molecule has 0 heterocycles. The molecular weight excluding hydrogens is 604 g/mol. The molecule has 0 aliphatic heterocycles. The number of nitrogens with zero attached hydrogens (tertiary/aromatic N) is 3. The number of hydrogen-bond acceptors (Lipinski definition) is 7. The van der Waals surface area contributed by atoms with Gasteiger partial charge in [-0.3, -0.25) is 24.0 Å². The maximum absolute atomic E-state index is 13.9. The van der Waals surface area contributed by atoms with E-state index in [4.69, 9.17) is 4.74 Å². The highest BCUT2D eigenvalue weighted by atomic mass is 79.9. The number of methoxy groups -OCH3 is 1. The SMILES string of the molecule is CNC(=O)[C@H](C)N(Cc1ccc(Br)cc1)C(=O)CN(c1ccc(OC)cc1)S(=O)(=O)c1ccc(C)c([N+](=O)[O-])c1. The highest BCUT2D eigenvalue weighted by Gasteiger charge is 2.33. The number of halogens is 1. The van der Waals surface area contributed by atoms with Gasteiger partial charge in [-0.25, -0.2) is 8.42 Å². The number of rotatable bonds is 11. The molecule has 0 unspecified atom stereocenters. The number of aryl methyl sites for hydroxylation is 1. The third-order valence-electron chi connectivity index (χ3n) is 6.28. The van der Waals surface area contributed by atoms with Gasteiger partial charge in [0.2, 0.25) is 11.8 Å². The summed E-state index contributed by atoms with van der Waals surface area (Å²) in [5, 5.41) is 14.0. The van der Waals surface area contributed by atoms with Crippen molar-refractivity contribution >= 4 is 49.1 Å². The lowest BCUT2D eigenvalue weighted by molar-refractivity contribution is -0.385. The van der Waals surface area contributed by atoms with Crippen molar-refractivity contribution in [1.29, 1.82) is 0 Å². The van der Waals surface area contributed by atoms with Crippen molar-refractivity contribution in [2.45, 2.75) is 31.3 Å². The molecule has 0 aromatic heterocycles. The van der Waals surface area contributed by atoms with Crippen LogP contribution >= 0.6 is 15.9 Å². The standard InChI is InChI=1S/C27H29BrN4O7S/c1-18-5-14-24(15-25(18)32(35)36)40(37,38)31(22-10-12-23(39-4)13-11-22)17-26(33)30(19(2)27(34)29-3)16-20-6-8-21(28)9-7-20/h5-15,19H,16-17H2,1-4H3,(H,29,34)/t19-/m0/s1. The van der Waals surface area contributed by atoms with Gasteiger partial charge in [-0.1, -0.05) is 34.1 Å². The molecule has 0 saturated carbocycles. The molecule has 0 aliphatic rings. The predicted molar refractivity (Wildman–Crippen MR) is 154 cm³/mol. The van der Waals surface area contributed by atoms with E-state index < -0.39 is 39.3 Å². The quantitative estimate of drug-likeness (QED) is 0.249. The van der Waals surface area contributed by atoms with Crippen molar-refractivity contribution in [2.75, 3.05) is 25.0 Å². The minimum atomic E-state index is -4.47. The van der Waals surface area contributed by atoms with Crippen molar-refractivity contribution in [3.05, 3.63) is 92.4 Å². The van der Waals surface area contributed by atoms with Gasteiger partial charge in [0.05, 0.1) is 22.6 Å². The number of sulfonamides is 1. The first-order valence-electron chi connectivity index (χ1n) is 12.1. The van der Waals surface area contributed by atoms with Gasteiger partial charge in [-0.05, 0) is 61.9 Å². The fourth-order valence-corrected chi connectivity index (χ4v) is 5.63. The van der Waals surface area contributed by atoms with E-state index >= 15 is 0 Å². The molecule has 0 saturated heterocycles. The second-order valence-electron chi connectivity index (χ2n) is 8.85. The molecule has 3 aromatic carbocycles. The minimum absolute atomic E-state index is 0.0349. The highest BCUT2D eigenvalue weighted by Crippen LogP contribution is 2.29. The summed E-state index contributed by atoms with van der Waals surface area (Å²) in [5.74, 6) is -0.623. The zero-order valence-electron chi connectivity index (χ0n) is 22.3. The third-order valence-corrected chi connectivity index (χ3v) is 8.58. The molecular formula is C27H29BrN4O7S. The van der Waals surface area contributed by atoms with Gasteiger partial charge in [0.25, 0.3) is 15.7 Å². The van der Waals surface area contributed by atoms with Crippen molar-refractivity contribution in [1.82, 2.24) is 10.2 Å². The lowest BCUT2D eigenvalue weighted by atomic mass is 10.1. The van der Waals surface area contributed by atoms with E-state index in [1.54, 1.807) is 31.2 Å². The van der Waals surface area contributed by atoms with Crippen molar-refractivity contribution < 1.29 is 27.7 Å². The second kappa shape index (κ2) is 12.9. The Morgan fingerprint density at radius 1 is 1.07 bits per heavy atom. The van der Waals surface area contributed by atoms with Crippen LogP contribution in [-0.2, 0) is 26.2 Å². The first-order valence-corrected chi connectivity index (χ1v) is 14.3. The Bertz CT molecular complexity index is 1500. The van der Waals surface area contributed by atoms with Gasteiger partial charge in [0.1, 0.15) is 18.3 Å². The summed E-state index contributed by atoms with van der Waals surface area (Å²) in [6.07, 6.45) is 0. The summed E-state index contributed by atoms with van der Waals surface area (Å²) < 4.78 is 34.7. The maximum atomic E-state index is 13.9. The Labute approximate surface area is 241 Å². The summed E-state index contributed by atoms with van der Waals surface area (Å²) in [4.78, 5) is 38.1. The number of anilines is 1. The van der Waals surface area contributed by atoms with Crippen LogP contribution in [0.4, 0.5) is 11.4 Å². The van der Waals surface area contributed by atoms with E-state index in [1.807, 2.05) is 0 Å². The van der Waals surface area contributed by atoms with E-state index in [9.17, 15) is 28.1 Å². The Morgan fingerprint density at radius 2 is 1.70 bits per heavy atom. The molecule has 0 aliphatic carbocycles. The van der Waals surface area contributed by atoms with Crippen molar-refractivity contribution in [3.8, 4) is 5.75 Å². The molecule has 0 bridgehead atoms. The summed E-state index contributed by atoms with van der Waals surface area (Å²) in [7, 11) is -1.57. The average Bonchev–Trinajstić information content (AvgIpc) is 2.94. The van der Waals surface area contributed by atoms with Crippen LogP contribution < -0.4 is 14.4 Å². The molecule has 0 spiro atoms. The fraction of sp³-hybridized carbons (Fsp3) is 0.259. The number of nitro groups is 1. The molecule has 11 nitrogen and oxygen atoms in total. The van der Waals surface area contributed by atoms with E-state index in [0.717, 1.165) is 20.4 Å². The van der Waals surface area contributed by atoms with Gasteiger partial charge >= 0.3 is 0 Å². The summed E-state index contributed by atoms with van der Waals surface area (Å²) in [6, 6.07) is 15.8. The maximum Gasteiger partial charge on any atom is 0.273 e. The number of carbonyl (C=O) groups excluding carboxylic acids is 2. The number of ether oxygens (including phenoxy) is 1. The number of hydrogen-bond donors (Lipinski definition) is 1. The topological polar surface area (TPSA) is 139 Å². The lowest BCUT2D eigenvalue weighted by Gasteiger charge is -2.31. The lowest BCUT2D eigenvalue weighted by Crippen LogP contribution is -2.50. The Balaban J connectivity index is 2.09. The number of carbonyl (C=O) groups is 2. The van der Waals surface area contributed by atoms with Crippen LogP contribution in [0.2, 0.25) is 0 Å². The first-order chi connectivity index (χ1) is 18.9. The van der Waals surface area contributed by atoms with Crippen LogP contribution in [0.25, 0.3) is 0 Å². The Kier molecular flexibility index (Phi) is 9.88. The Hall–Kier alpha value is -3.97. The van der Waals surface area contributed by atoms with E-state index in [2.05, 4.69) is 21.2 Å².